The van der Waals surface area contributed by atoms with E-state index < -0.39 is 0 Å². The number of aromatic nitrogens is 2. The molecule has 7 heteroatoms. The number of halogens is 2. The van der Waals surface area contributed by atoms with Gasteiger partial charge in [-0.15, -0.1) is 0 Å². The van der Waals surface area contributed by atoms with E-state index in [9.17, 15) is 4.39 Å². The molecule has 5 nitrogen and oxygen atoms in total. The largest absolute Gasteiger partial charge is 0.393 e. The van der Waals surface area contributed by atoms with E-state index in [2.05, 4.69) is 20.6 Å². The van der Waals surface area contributed by atoms with Gasteiger partial charge in [-0.05, 0) is 35.9 Å². The highest BCUT2D eigenvalue weighted by Gasteiger charge is 2.08. The van der Waals surface area contributed by atoms with Gasteiger partial charge in [0.25, 0.3) is 0 Å². The number of rotatable bonds is 5. The van der Waals surface area contributed by atoms with Crippen molar-refractivity contribution in [2.75, 3.05) is 16.4 Å². The second kappa shape index (κ2) is 7.14. The number of anilines is 4. The van der Waals surface area contributed by atoms with Gasteiger partial charge in [0.15, 0.2) is 11.6 Å². The van der Waals surface area contributed by atoms with Crippen molar-refractivity contribution < 1.29 is 4.39 Å². The fourth-order valence-electron chi connectivity index (χ4n) is 2.13. The molecule has 0 radical (unpaired) electrons. The minimum absolute atomic E-state index is 0.270. The maximum Gasteiger partial charge on any atom is 0.159 e. The van der Waals surface area contributed by atoms with E-state index in [0.717, 1.165) is 11.3 Å². The van der Waals surface area contributed by atoms with Gasteiger partial charge in [-0.1, -0.05) is 29.8 Å². The van der Waals surface area contributed by atoms with Gasteiger partial charge in [0.05, 0.1) is 0 Å². The zero-order valence-corrected chi connectivity index (χ0v) is 13.4. The van der Waals surface area contributed by atoms with Crippen molar-refractivity contribution in [1.82, 2.24) is 9.97 Å². The van der Waals surface area contributed by atoms with Crippen LogP contribution in [-0.4, -0.2) is 9.97 Å². The number of nitrogens with zero attached hydrogens (tertiary/aromatic N) is 2. The molecule has 0 bridgehead atoms. The summed E-state index contributed by atoms with van der Waals surface area (Å²) < 4.78 is 12.9. The maximum absolute atomic E-state index is 12.9. The minimum Gasteiger partial charge on any atom is -0.393 e. The maximum atomic E-state index is 12.9. The smallest absolute Gasteiger partial charge is 0.159 e. The SMILES string of the molecule is Nc1c(NCc2ccc(F)cc2)ncnc1Nc1cccc(Cl)c1. The normalized spacial score (nSPS) is 10.4. The van der Waals surface area contributed by atoms with Crippen molar-refractivity contribution in [1.29, 1.82) is 0 Å². The lowest BCUT2D eigenvalue weighted by atomic mass is 10.2. The molecule has 0 amide bonds. The van der Waals surface area contributed by atoms with Crippen molar-refractivity contribution in [2.45, 2.75) is 6.54 Å². The molecule has 0 aliphatic rings. The Hall–Kier alpha value is -2.86. The summed E-state index contributed by atoms with van der Waals surface area (Å²) in [5.74, 6) is 0.709. The molecule has 0 saturated carbocycles. The zero-order chi connectivity index (χ0) is 16.9. The molecule has 0 saturated heterocycles. The Bertz CT molecular complexity index is 839. The molecule has 0 unspecified atom stereocenters. The Balaban J connectivity index is 1.74. The number of nitrogens with two attached hydrogens (primary N) is 1. The Morgan fingerprint density at radius 3 is 2.54 bits per heavy atom. The summed E-state index contributed by atoms with van der Waals surface area (Å²) in [5.41, 5.74) is 8.19. The molecule has 1 aromatic heterocycles. The monoisotopic (exact) mass is 343 g/mol. The first-order valence-corrected chi connectivity index (χ1v) is 7.61. The molecule has 3 rings (SSSR count). The van der Waals surface area contributed by atoms with E-state index in [-0.39, 0.29) is 5.82 Å². The molecule has 0 fully saturated rings. The molecule has 2 aromatic carbocycles. The number of hydrogen-bond donors (Lipinski definition) is 3. The highest BCUT2D eigenvalue weighted by Crippen LogP contribution is 2.27. The first-order valence-electron chi connectivity index (χ1n) is 7.23. The highest BCUT2D eigenvalue weighted by atomic mass is 35.5. The standard InChI is InChI=1S/C17H15ClFN5/c18-12-2-1-3-14(8-12)24-17-15(20)16(22-10-23-17)21-9-11-4-6-13(19)7-5-11/h1-8,10H,9,20H2,(H2,21,22,23,24). The third kappa shape index (κ3) is 3.91. The lowest BCUT2D eigenvalue weighted by Crippen LogP contribution is -2.08. The summed E-state index contributed by atoms with van der Waals surface area (Å²) in [6.07, 6.45) is 1.41. The Morgan fingerprint density at radius 2 is 1.79 bits per heavy atom. The second-order valence-corrected chi connectivity index (χ2v) is 5.54. The third-order valence-electron chi connectivity index (χ3n) is 3.34. The quantitative estimate of drug-likeness (QED) is 0.647. The van der Waals surface area contributed by atoms with Crippen LogP contribution in [0.25, 0.3) is 0 Å². The first kappa shape index (κ1) is 16.0. The van der Waals surface area contributed by atoms with Gasteiger partial charge in [-0.2, -0.15) is 0 Å². The molecule has 0 atom stereocenters. The van der Waals surface area contributed by atoms with Crippen LogP contribution in [0.15, 0.2) is 54.9 Å². The first-order chi connectivity index (χ1) is 11.6. The number of benzene rings is 2. The Morgan fingerprint density at radius 1 is 1.04 bits per heavy atom. The van der Waals surface area contributed by atoms with Crippen LogP contribution in [-0.2, 0) is 6.54 Å². The van der Waals surface area contributed by atoms with Gasteiger partial charge in [0, 0.05) is 17.3 Å². The molecular weight excluding hydrogens is 329 g/mol. The summed E-state index contributed by atoms with van der Waals surface area (Å²) in [7, 11) is 0. The molecular formula is C17H15ClFN5. The molecule has 0 spiro atoms. The van der Waals surface area contributed by atoms with Crippen molar-refractivity contribution in [3.05, 3.63) is 71.3 Å². The van der Waals surface area contributed by atoms with Gasteiger partial charge in [-0.3, -0.25) is 0 Å². The number of hydrogen-bond acceptors (Lipinski definition) is 5. The number of nitrogens with one attached hydrogen (secondary N) is 2. The lowest BCUT2D eigenvalue weighted by molar-refractivity contribution is 0.627. The number of nitrogen functional groups attached to an aromatic ring is 1. The lowest BCUT2D eigenvalue weighted by Gasteiger charge is -2.12. The van der Waals surface area contributed by atoms with Gasteiger partial charge in [0.1, 0.15) is 17.8 Å². The molecule has 0 aliphatic carbocycles. The van der Waals surface area contributed by atoms with Crippen LogP contribution in [0.4, 0.5) is 27.4 Å². The van der Waals surface area contributed by atoms with Crippen LogP contribution in [0.2, 0.25) is 5.02 Å². The Kier molecular flexibility index (Phi) is 4.77. The molecule has 24 heavy (non-hydrogen) atoms. The summed E-state index contributed by atoms with van der Waals surface area (Å²) in [4.78, 5) is 8.29. The topological polar surface area (TPSA) is 75.9 Å². The van der Waals surface area contributed by atoms with Gasteiger partial charge in [-0.25, -0.2) is 14.4 Å². The van der Waals surface area contributed by atoms with Gasteiger partial charge in [0.2, 0.25) is 0 Å². The molecule has 3 aromatic rings. The van der Waals surface area contributed by atoms with E-state index in [0.29, 0.717) is 28.9 Å². The highest BCUT2D eigenvalue weighted by molar-refractivity contribution is 6.30. The van der Waals surface area contributed by atoms with E-state index in [1.54, 1.807) is 24.3 Å². The van der Waals surface area contributed by atoms with Gasteiger partial charge >= 0.3 is 0 Å². The van der Waals surface area contributed by atoms with Crippen LogP contribution >= 0.6 is 11.6 Å². The average Bonchev–Trinajstić information content (AvgIpc) is 2.57. The predicted octanol–water partition coefficient (Wildman–Crippen LogP) is 4.21. The fourth-order valence-corrected chi connectivity index (χ4v) is 2.32. The minimum atomic E-state index is -0.270. The van der Waals surface area contributed by atoms with E-state index >= 15 is 0 Å². The molecule has 4 N–H and O–H groups in total. The summed E-state index contributed by atoms with van der Waals surface area (Å²) >= 11 is 5.97. The van der Waals surface area contributed by atoms with Crippen LogP contribution in [0.5, 0.6) is 0 Å². The van der Waals surface area contributed by atoms with Crippen LogP contribution in [0, 0.1) is 5.82 Å². The molecule has 0 aliphatic heterocycles. The summed E-state index contributed by atoms with van der Waals surface area (Å²) in [6.45, 7) is 0.470. The second-order valence-electron chi connectivity index (χ2n) is 5.10. The van der Waals surface area contributed by atoms with E-state index in [1.807, 2.05) is 12.1 Å². The zero-order valence-electron chi connectivity index (χ0n) is 12.6. The third-order valence-corrected chi connectivity index (χ3v) is 3.58. The molecule has 1 heterocycles. The van der Waals surface area contributed by atoms with Gasteiger partial charge < -0.3 is 16.4 Å². The van der Waals surface area contributed by atoms with Crippen molar-refractivity contribution in [3.8, 4) is 0 Å². The van der Waals surface area contributed by atoms with Crippen molar-refractivity contribution >= 4 is 34.6 Å². The van der Waals surface area contributed by atoms with Crippen molar-refractivity contribution in [2.24, 2.45) is 0 Å². The average molecular weight is 344 g/mol. The fraction of sp³-hybridized carbons (Fsp3) is 0.0588. The van der Waals surface area contributed by atoms with E-state index in [4.69, 9.17) is 17.3 Å². The van der Waals surface area contributed by atoms with Crippen molar-refractivity contribution in [3.63, 3.8) is 0 Å². The predicted molar refractivity (Wildman–Crippen MR) is 94.9 cm³/mol. The van der Waals surface area contributed by atoms with Crippen LogP contribution in [0.3, 0.4) is 0 Å². The Labute approximate surface area is 143 Å². The molecule has 122 valence electrons. The summed E-state index contributed by atoms with van der Waals surface area (Å²) in [6, 6.07) is 13.5. The van der Waals surface area contributed by atoms with E-state index in [1.165, 1.54) is 18.5 Å². The van der Waals surface area contributed by atoms with Crippen LogP contribution in [0.1, 0.15) is 5.56 Å². The van der Waals surface area contributed by atoms with Crippen LogP contribution < -0.4 is 16.4 Å². The summed E-state index contributed by atoms with van der Waals surface area (Å²) in [5, 5.41) is 6.84.